The summed E-state index contributed by atoms with van der Waals surface area (Å²) >= 11 is 0. The van der Waals surface area contributed by atoms with Crippen molar-refractivity contribution in [3.63, 3.8) is 0 Å². The Labute approximate surface area is 90.1 Å². The van der Waals surface area contributed by atoms with Gasteiger partial charge < -0.3 is 9.84 Å². The molecule has 0 spiro atoms. The summed E-state index contributed by atoms with van der Waals surface area (Å²) in [5, 5.41) is 9.92. The number of hydrogen-bond acceptors (Lipinski definition) is 3. The number of aliphatic hydroxyl groups is 1. The summed E-state index contributed by atoms with van der Waals surface area (Å²) in [5.41, 5.74) is 1.10. The predicted molar refractivity (Wildman–Crippen MR) is 58.0 cm³/mol. The fourth-order valence-electron chi connectivity index (χ4n) is 2.25. The molecule has 3 nitrogen and oxygen atoms in total. The van der Waals surface area contributed by atoms with E-state index in [1.807, 2.05) is 12.3 Å². The van der Waals surface area contributed by atoms with Gasteiger partial charge >= 0.3 is 0 Å². The molecular formula is C12H17NO2. The van der Waals surface area contributed by atoms with Crippen LogP contribution in [0, 0.1) is 0 Å². The summed E-state index contributed by atoms with van der Waals surface area (Å²) in [4.78, 5) is 4.13. The molecule has 1 aromatic rings. The average molecular weight is 207 g/mol. The van der Waals surface area contributed by atoms with Crippen LogP contribution in [-0.4, -0.2) is 23.3 Å². The van der Waals surface area contributed by atoms with Gasteiger partial charge in [0.1, 0.15) is 5.75 Å². The molecule has 0 aliphatic heterocycles. The van der Waals surface area contributed by atoms with E-state index >= 15 is 0 Å². The van der Waals surface area contributed by atoms with Crippen molar-refractivity contribution < 1.29 is 9.84 Å². The van der Waals surface area contributed by atoms with Gasteiger partial charge in [-0.2, -0.15) is 0 Å². The van der Waals surface area contributed by atoms with Crippen LogP contribution in [0.4, 0.5) is 0 Å². The summed E-state index contributed by atoms with van der Waals surface area (Å²) in [6.45, 7) is 0. The highest BCUT2D eigenvalue weighted by Crippen LogP contribution is 2.33. The van der Waals surface area contributed by atoms with Gasteiger partial charge in [0, 0.05) is 12.1 Å². The summed E-state index contributed by atoms with van der Waals surface area (Å²) in [6, 6.07) is 1.98. The van der Waals surface area contributed by atoms with Crippen molar-refractivity contribution in [2.75, 3.05) is 7.11 Å². The normalized spacial score (nSPS) is 26.3. The van der Waals surface area contributed by atoms with E-state index in [0.717, 1.165) is 30.6 Å². The van der Waals surface area contributed by atoms with E-state index in [1.165, 1.54) is 6.42 Å². The smallest absolute Gasteiger partial charge is 0.137 e. The van der Waals surface area contributed by atoms with E-state index in [9.17, 15) is 5.11 Å². The Balaban J connectivity index is 2.19. The second-order valence-electron chi connectivity index (χ2n) is 4.12. The van der Waals surface area contributed by atoms with Gasteiger partial charge in [-0.15, -0.1) is 0 Å². The Morgan fingerprint density at radius 2 is 2.13 bits per heavy atom. The molecule has 2 atom stereocenters. The minimum Gasteiger partial charge on any atom is -0.495 e. The van der Waals surface area contributed by atoms with Gasteiger partial charge in [-0.3, -0.25) is 4.98 Å². The first-order valence-electron chi connectivity index (χ1n) is 5.48. The third kappa shape index (κ3) is 2.29. The van der Waals surface area contributed by atoms with Gasteiger partial charge in [-0.05, 0) is 24.5 Å². The van der Waals surface area contributed by atoms with Gasteiger partial charge in [-0.1, -0.05) is 12.8 Å². The molecule has 1 aromatic heterocycles. The van der Waals surface area contributed by atoms with Gasteiger partial charge in [0.2, 0.25) is 0 Å². The molecule has 1 N–H and O–H groups in total. The van der Waals surface area contributed by atoms with Crippen LogP contribution >= 0.6 is 0 Å². The molecule has 1 saturated carbocycles. The molecule has 0 saturated heterocycles. The minimum absolute atomic E-state index is 0.215. The van der Waals surface area contributed by atoms with Gasteiger partial charge in [0.25, 0.3) is 0 Å². The zero-order chi connectivity index (χ0) is 10.7. The largest absolute Gasteiger partial charge is 0.495 e. The number of rotatable bonds is 2. The van der Waals surface area contributed by atoms with E-state index in [4.69, 9.17) is 4.74 Å². The second kappa shape index (κ2) is 4.62. The molecule has 0 bridgehead atoms. The van der Waals surface area contributed by atoms with Crippen LogP contribution in [0.5, 0.6) is 5.75 Å². The van der Waals surface area contributed by atoms with Crippen molar-refractivity contribution in [3.8, 4) is 5.75 Å². The number of nitrogens with zero attached hydrogens (tertiary/aromatic N) is 1. The molecule has 3 heteroatoms. The monoisotopic (exact) mass is 207 g/mol. The van der Waals surface area contributed by atoms with Crippen molar-refractivity contribution in [3.05, 3.63) is 24.0 Å². The van der Waals surface area contributed by atoms with Crippen LogP contribution in [0.2, 0.25) is 0 Å². The van der Waals surface area contributed by atoms with Crippen molar-refractivity contribution >= 4 is 0 Å². The Hall–Kier alpha value is -1.09. The highest BCUT2D eigenvalue weighted by atomic mass is 16.5. The number of aromatic nitrogens is 1. The van der Waals surface area contributed by atoms with E-state index in [-0.39, 0.29) is 12.0 Å². The number of hydrogen-bond donors (Lipinski definition) is 1. The summed E-state index contributed by atoms with van der Waals surface area (Å²) in [5.74, 6) is 1.01. The summed E-state index contributed by atoms with van der Waals surface area (Å²) in [7, 11) is 1.64. The van der Waals surface area contributed by atoms with Gasteiger partial charge in [0.15, 0.2) is 0 Å². The van der Waals surface area contributed by atoms with Crippen LogP contribution in [0.3, 0.4) is 0 Å². The second-order valence-corrected chi connectivity index (χ2v) is 4.12. The van der Waals surface area contributed by atoms with Crippen molar-refractivity contribution in [2.45, 2.75) is 37.7 Å². The molecular weight excluding hydrogens is 190 g/mol. The molecule has 15 heavy (non-hydrogen) atoms. The highest BCUT2D eigenvalue weighted by molar-refractivity contribution is 5.27. The van der Waals surface area contributed by atoms with Crippen LogP contribution in [-0.2, 0) is 0 Å². The van der Waals surface area contributed by atoms with Crippen LogP contribution in [0.1, 0.15) is 37.2 Å². The molecule has 2 rings (SSSR count). The number of aliphatic hydroxyl groups excluding tert-OH is 1. The maximum Gasteiger partial charge on any atom is 0.137 e. The standard InChI is InChI=1S/C12H17NO2/c1-15-10-6-9(7-13-8-10)11-4-2-3-5-12(11)14/h6-8,11-12,14H,2-5H2,1H3. The quantitative estimate of drug-likeness (QED) is 0.807. The van der Waals surface area contributed by atoms with E-state index in [0.29, 0.717) is 0 Å². The van der Waals surface area contributed by atoms with E-state index in [1.54, 1.807) is 13.3 Å². The molecule has 0 aromatic carbocycles. The number of pyridine rings is 1. The fraction of sp³-hybridized carbons (Fsp3) is 0.583. The summed E-state index contributed by atoms with van der Waals surface area (Å²) < 4.78 is 5.14. The SMILES string of the molecule is COc1cncc(C2CCCCC2O)c1. The third-order valence-electron chi connectivity index (χ3n) is 3.13. The first kappa shape index (κ1) is 10.4. The Morgan fingerprint density at radius 1 is 1.33 bits per heavy atom. The highest BCUT2D eigenvalue weighted by Gasteiger charge is 2.24. The molecule has 1 fully saturated rings. The molecule has 0 radical (unpaired) electrons. The Bertz CT molecular complexity index is 327. The zero-order valence-electron chi connectivity index (χ0n) is 9.02. The topological polar surface area (TPSA) is 42.4 Å². The molecule has 1 aliphatic carbocycles. The molecule has 1 aliphatic rings. The Kier molecular flexibility index (Phi) is 3.21. The zero-order valence-corrected chi connectivity index (χ0v) is 9.02. The lowest BCUT2D eigenvalue weighted by Crippen LogP contribution is -2.22. The lowest BCUT2D eigenvalue weighted by molar-refractivity contribution is 0.106. The lowest BCUT2D eigenvalue weighted by atomic mass is 9.82. The van der Waals surface area contributed by atoms with Gasteiger partial charge in [-0.25, -0.2) is 0 Å². The van der Waals surface area contributed by atoms with Crippen LogP contribution in [0.25, 0.3) is 0 Å². The van der Waals surface area contributed by atoms with E-state index < -0.39 is 0 Å². The van der Waals surface area contributed by atoms with E-state index in [2.05, 4.69) is 4.98 Å². The van der Waals surface area contributed by atoms with Crippen molar-refractivity contribution in [2.24, 2.45) is 0 Å². The summed E-state index contributed by atoms with van der Waals surface area (Å²) in [6.07, 6.45) is 7.60. The fourth-order valence-corrected chi connectivity index (χ4v) is 2.25. The maximum atomic E-state index is 9.92. The van der Waals surface area contributed by atoms with Crippen LogP contribution < -0.4 is 4.74 Å². The molecule has 2 unspecified atom stereocenters. The van der Waals surface area contributed by atoms with Gasteiger partial charge in [0.05, 0.1) is 19.4 Å². The average Bonchev–Trinajstić information content (AvgIpc) is 2.30. The minimum atomic E-state index is -0.215. The Morgan fingerprint density at radius 3 is 2.87 bits per heavy atom. The third-order valence-corrected chi connectivity index (χ3v) is 3.13. The number of ether oxygens (including phenoxy) is 1. The first-order valence-corrected chi connectivity index (χ1v) is 5.48. The first-order chi connectivity index (χ1) is 7.31. The molecule has 1 heterocycles. The van der Waals surface area contributed by atoms with Crippen molar-refractivity contribution in [1.82, 2.24) is 4.98 Å². The molecule has 82 valence electrons. The molecule has 0 amide bonds. The van der Waals surface area contributed by atoms with Crippen LogP contribution in [0.15, 0.2) is 18.5 Å². The maximum absolute atomic E-state index is 9.92. The lowest BCUT2D eigenvalue weighted by Gasteiger charge is -2.27. The predicted octanol–water partition coefficient (Wildman–Crippen LogP) is 2.11. The van der Waals surface area contributed by atoms with Crippen molar-refractivity contribution in [1.29, 1.82) is 0 Å². The number of methoxy groups -OCH3 is 1.